The van der Waals surface area contributed by atoms with Crippen molar-refractivity contribution in [2.75, 3.05) is 0 Å². The molecule has 2 rings (SSSR count). The SMILES string of the molecule is CCC(C)C(=O)N1Cc2cccc(F)c2C1. The van der Waals surface area contributed by atoms with Crippen molar-refractivity contribution in [1.82, 2.24) is 4.90 Å². The molecule has 1 amide bonds. The van der Waals surface area contributed by atoms with Crippen LogP contribution in [0.2, 0.25) is 0 Å². The number of carbonyl (C=O) groups is 1. The predicted octanol–water partition coefficient (Wildman–Crippen LogP) is 2.71. The summed E-state index contributed by atoms with van der Waals surface area (Å²) < 4.78 is 13.5. The molecule has 1 aromatic carbocycles. The van der Waals surface area contributed by atoms with Crippen LogP contribution in [0.3, 0.4) is 0 Å². The van der Waals surface area contributed by atoms with Crippen LogP contribution in [0.25, 0.3) is 0 Å². The van der Waals surface area contributed by atoms with Crippen molar-refractivity contribution in [2.24, 2.45) is 5.92 Å². The number of carbonyl (C=O) groups excluding carboxylic acids is 1. The van der Waals surface area contributed by atoms with Gasteiger partial charge in [-0.1, -0.05) is 26.0 Å². The van der Waals surface area contributed by atoms with Crippen molar-refractivity contribution >= 4 is 5.91 Å². The smallest absolute Gasteiger partial charge is 0.225 e. The number of rotatable bonds is 2. The first-order valence-electron chi connectivity index (χ1n) is 5.68. The number of hydrogen-bond donors (Lipinski definition) is 0. The van der Waals surface area contributed by atoms with Gasteiger partial charge in [0.05, 0.1) is 0 Å². The highest BCUT2D eigenvalue weighted by Crippen LogP contribution is 2.26. The summed E-state index contributed by atoms with van der Waals surface area (Å²) in [7, 11) is 0. The Kier molecular flexibility index (Phi) is 2.95. The van der Waals surface area contributed by atoms with Gasteiger partial charge in [-0.3, -0.25) is 4.79 Å². The Labute approximate surface area is 95.1 Å². The van der Waals surface area contributed by atoms with Crippen LogP contribution >= 0.6 is 0 Å². The van der Waals surface area contributed by atoms with Gasteiger partial charge in [-0.15, -0.1) is 0 Å². The van der Waals surface area contributed by atoms with E-state index in [-0.39, 0.29) is 17.6 Å². The van der Waals surface area contributed by atoms with Crippen LogP contribution in [0.15, 0.2) is 18.2 Å². The molecule has 0 fully saturated rings. The van der Waals surface area contributed by atoms with Gasteiger partial charge in [-0.25, -0.2) is 4.39 Å². The van der Waals surface area contributed by atoms with E-state index in [0.29, 0.717) is 18.7 Å². The minimum Gasteiger partial charge on any atom is -0.334 e. The molecule has 0 saturated carbocycles. The van der Waals surface area contributed by atoms with Gasteiger partial charge in [0.25, 0.3) is 0 Å². The van der Waals surface area contributed by atoms with Crippen LogP contribution in [-0.4, -0.2) is 10.8 Å². The summed E-state index contributed by atoms with van der Waals surface area (Å²) in [5.41, 5.74) is 1.62. The van der Waals surface area contributed by atoms with Crippen molar-refractivity contribution in [2.45, 2.75) is 33.4 Å². The van der Waals surface area contributed by atoms with E-state index in [2.05, 4.69) is 0 Å². The third-order valence-electron chi connectivity index (χ3n) is 3.27. The van der Waals surface area contributed by atoms with Crippen molar-refractivity contribution in [3.8, 4) is 0 Å². The zero-order valence-corrected chi connectivity index (χ0v) is 9.66. The normalized spacial score (nSPS) is 16.1. The molecule has 1 aromatic rings. The van der Waals surface area contributed by atoms with Gasteiger partial charge in [0.15, 0.2) is 0 Å². The average molecular weight is 221 g/mol. The van der Waals surface area contributed by atoms with Gasteiger partial charge in [0, 0.05) is 24.6 Å². The molecule has 0 aromatic heterocycles. The van der Waals surface area contributed by atoms with Crippen LogP contribution in [0.4, 0.5) is 4.39 Å². The lowest BCUT2D eigenvalue weighted by molar-refractivity contribution is -0.135. The summed E-state index contributed by atoms with van der Waals surface area (Å²) in [5.74, 6) is -0.0487. The molecule has 0 aliphatic carbocycles. The number of amides is 1. The maximum absolute atomic E-state index is 13.5. The molecule has 0 N–H and O–H groups in total. The van der Waals surface area contributed by atoms with Crippen LogP contribution in [0, 0.1) is 11.7 Å². The summed E-state index contributed by atoms with van der Waals surface area (Å²) in [6, 6.07) is 5.05. The van der Waals surface area contributed by atoms with Gasteiger partial charge in [0.1, 0.15) is 5.82 Å². The zero-order chi connectivity index (χ0) is 11.7. The first-order chi connectivity index (χ1) is 7.63. The van der Waals surface area contributed by atoms with Crippen molar-refractivity contribution in [1.29, 1.82) is 0 Å². The molecule has 1 aliphatic heterocycles. The van der Waals surface area contributed by atoms with Gasteiger partial charge >= 0.3 is 0 Å². The van der Waals surface area contributed by atoms with E-state index >= 15 is 0 Å². The van der Waals surface area contributed by atoms with Crippen LogP contribution < -0.4 is 0 Å². The first kappa shape index (κ1) is 11.1. The van der Waals surface area contributed by atoms with Crippen LogP contribution in [-0.2, 0) is 17.9 Å². The van der Waals surface area contributed by atoms with Crippen LogP contribution in [0.1, 0.15) is 31.4 Å². The number of fused-ring (bicyclic) bond motifs is 1. The lowest BCUT2D eigenvalue weighted by atomic mass is 10.1. The molecule has 1 atom stereocenters. The maximum atomic E-state index is 13.5. The topological polar surface area (TPSA) is 20.3 Å². The zero-order valence-electron chi connectivity index (χ0n) is 9.66. The summed E-state index contributed by atoms with van der Waals surface area (Å²) in [5, 5.41) is 0. The fourth-order valence-electron chi connectivity index (χ4n) is 2.02. The van der Waals surface area contributed by atoms with E-state index in [1.807, 2.05) is 19.9 Å². The number of hydrogen-bond acceptors (Lipinski definition) is 1. The number of nitrogens with zero attached hydrogens (tertiary/aromatic N) is 1. The second kappa shape index (κ2) is 4.24. The lowest BCUT2D eigenvalue weighted by Crippen LogP contribution is -2.30. The maximum Gasteiger partial charge on any atom is 0.225 e. The van der Waals surface area contributed by atoms with Gasteiger partial charge < -0.3 is 4.90 Å². The Morgan fingerprint density at radius 3 is 2.88 bits per heavy atom. The molecular formula is C13H16FNO. The standard InChI is InChI=1S/C13H16FNO/c1-3-9(2)13(16)15-7-10-5-4-6-12(14)11(10)8-15/h4-6,9H,3,7-8H2,1-2H3. The Bertz CT molecular complexity index is 416. The van der Waals surface area contributed by atoms with Crippen molar-refractivity contribution < 1.29 is 9.18 Å². The molecule has 16 heavy (non-hydrogen) atoms. The largest absolute Gasteiger partial charge is 0.334 e. The fraction of sp³-hybridized carbons (Fsp3) is 0.462. The molecule has 3 heteroatoms. The summed E-state index contributed by atoms with van der Waals surface area (Å²) >= 11 is 0. The first-order valence-corrected chi connectivity index (χ1v) is 5.68. The highest BCUT2D eigenvalue weighted by Gasteiger charge is 2.27. The highest BCUT2D eigenvalue weighted by atomic mass is 19.1. The molecule has 0 bridgehead atoms. The van der Waals surface area contributed by atoms with Crippen LogP contribution in [0.5, 0.6) is 0 Å². The Morgan fingerprint density at radius 2 is 2.25 bits per heavy atom. The molecule has 1 heterocycles. The number of benzene rings is 1. The van der Waals surface area contributed by atoms with Crippen molar-refractivity contribution in [3.63, 3.8) is 0 Å². The molecule has 2 nitrogen and oxygen atoms in total. The molecular weight excluding hydrogens is 205 g/mol. The van der Waals surface area contributed by atoms with Crippen molar-refractivity contribution in [3.05, 3.63) is 35.1 Å². The average Bonchev–Trinajstić information content (AvgIpc) is 2.72. The highest BCUT2D eigenvalue weighted by molar-refractivity contribution is 5.79. The molecule has 1 unspecified atom stereocenters. The van der Waals surface area contributed by atoms with Gasteiger partial charge in [-0.2, -0.15) is 0 Å². The van der Waals surface area contributed by atoms with E-state index in [1.54, 1.807) is 11.0 Å². The fourth-order valence-corrected chi connectivity index (χ4v) is 2.02. The summed E-state index contributed by atoms with van der Waals surface area (Å²) in [6.07, 6.45) is 0.828. The van der Waals surface area contributed by atoms with E-state index in [9.17, 15) is 9.18 Å². The molecule has 0 radical (unpaired) electrons. The minimum absolute atomic E-state index is 0.0253. The Hall–Kier alpha value is -1.38. The van der Waals surface area contributed by atoms with E-state index in [4.69, 9.17) is 0 Å². The third-order valence-corrected chi connectivity index (χ3v) is 3.27. The molecule has 0 spiro atoms. The summed E-state index contributed by atoms with van der Waals surface area (Å²) in [6.45, 7) is 4.88. The molecule has 86 valence electrons. The van der Waals surface area contributed by atoms with E-state index in [1.165, 1.54) is 6.07 Å². The second-order valence-electron chi connectivity index (χ2n) is 4.38. The Morgan fingerprint density at radius 1 is 1.50 bits per heavy atom. The molecule has 0 saturated heterocycles. The minimum atomic E-state index is -0.197. The van der Waals surface area contributed by atoms with E-state index in [0.717, 1.165) is 12.0 Å². The van der Waals surface area contributed by atoms with Gasteiger partial charge in [0.2, 0.25) is 5.91 Å². The lowest BCUT2D eigenvalue weighted by Gasteiger charge is -2.19. The monoisotopic (exact) mass is 221 g/mol. The predicted molar refractivity (Wildman–Crippen MR) is 60.1 cm³/mol. The van der Waals surface area contributed by atoms with E-state index < -0.39 is 0 Å². The number of halogens is 1. The quantitative estimate of drug-likeness (QED) is 0.752. The second-order valence-corrected chi connectivity index (χ2v) is 4.38. The van der Waals surface area contributed by atoms with Gasteiger partial charge in [-0.05, 0) is 18.1 Å². The molecule has 1 aliphatic rings. The third kappa shape index (κ3) is 1.82. The Balaban J connectivity index is 2.17. The summed E-state index contributed by atoms with van der Waals surface area (Å²) in [4.78, 5) is 13.7.